The number of hydrogen-bond acceptors (Lipinski definition) is 2. The molecule has 0 atom stereocenters. The second-order valence-corrected chi connectivity index (χ2v) is 5.49. The standard InChI is InChI=1S/C12H14ClNS/c1-4-11-14-12-9(13)5-8(7(2)3)6-10(12)15-11/h5-7H,4H2,1-3H3. The lowest BCUT2D eigenvalue weighted by molar-refractivity contribution is 0.869. The molecule has 0 bridgehead atoms. The number of benzene rings is 1. The maximum absolute atomic E-state index is 6.22. The summed E-state index contributed by atoms with van der Waals surface area (Å²) >= 11 is 7.97. The van der Waals surface area contributed by atoms with Gasteiger partial charge in [0, 0.05) is 0 Å². The van der Waals surface area contributed by atoms with Gasteiger partial charge >= 0.3 is 0 Å². The molecule has 0 unspecified atom stereocenters. The molecule has 2 rings (SSSR count). The molecule has 0 radical (unpaired) electrons. The minimum atomic E-state index is 0.513. The number of thiazole rings is 1. The summed E-state index contributed by atoms with van der Waals surface area (Å²) in [6, 6.07) is 4.25. The first-order chi connectivity index (χ1) is 7.11. The Bertz CT molecular complexity index is 488. The van der Waals surface area contributed by atoms with E-state index in [-0.39, 0.29) is 0 Å². The van der Waals surface area contributed by atoms with Gasteiger partial charge in [0.2, 0.25) is 0 Å². The van der Waals surface area contributed by atoms with Gasteiger partial charge in [-0.15, -0.1) is 11.3 Å². The third kappa shape index (κ3) is 2.01. The van der Waals surface area contributed by atoms with E-state index in [0.717, 1.165) is 22.0 Å². The van der Waals surface area contributed by atoms with Gasteiger partial charge in [0.25, 0.3) is 0 Å². The van der Waals surface area contributed by atoms with Crippen molar-refractivity contribution in [2.75, 3.05) is 0 Å². The molecule has 80 valence electrons. The topological polar surface area (TPSA) is 12.9 Å². The molecule has 0 N–H and O–H groups in total. The molecule has 15 heavy (non-hydrogen) atoms. The van der Waals surface area contributed by atoms with E-state index in [1.165, 1.54) is 10.3 Å². The van der Waals surface area contributed by atoms with Crippen molar-refractivity contribution in [2.45, 2.75) is 33.1 Å². The van der Waals surface area contributed by atoms with Gasteiger partial charge in [0.05, 0.1) is 14.7 Å². The van der Waals surface area contributed by atoms with Gasteiger partial charge in [-0.25, -0.2) is 4.98 Å². The van der Waals surface area contributed by atoms with Crippen molar-refractivity contribution in [3.63, 3.8) is 0 Å². The summed E-state index contributed by atoms with van der Waals surface area (Å²) in [5.74, 6) is 0.513. The van der Waals surface area contributed by atoms with Gasteiger partial charge in [-0.3, -0.25) is 0 Å². The third-order valence-corrected chi connectivity index (χ3v) is 3.92. The summed E-state index contributed by atoms with van der Waals surface area (Å²) in [6.45, 7) is 6.48. The molecular weight excluding hydrogens is 226 g/mol. The number of aromatic nitrogens is 1. The lowest BCUT2D eigenvalue weighted by Gasteiger charge is -2.05. The van der Waals surface area contributed by atoms with Crippen LogP contribution in [0.4, 0.5) is 0 Å². The van der Waals surface area contributed by atoms with Crippen LogP contribution in [0.2, 0.25) is 5.02 Å². The molecule has 0 aliphatic rings. The maximum Gasteiger partial charge on any atom is 0.100 e. The average Bonchev–Trinajstić information content (AvgIpc) is 2.61. The van der Waals surface area contributed by atoms with Crippen molar-refractivity contribution in [3.05, 3.63) is 27.7 Å². The van der Waals surface area contributed by atoms with Crippen molar-refractivity contribution in [2.24, 2.45) is 0 Å². The molecule has 1 aromatic heterocycles. The summed E-state index contributed by atoms with van der Waals surface area (Å²) < 4.78 is 1.21. The first kappa shape index (κ1) is 10.9. The first-order valence-corrected chi connectivity index (χ1v) is 6.40. The van der Waals surface area contributed by atoms with Crippen LogP contribution in [0, 0.1) is 0 Å². The molecular formula is C12H14ClNS. The van der Waals surface area contributed by atoms with Crippen LogP contribution >= 0.6 is 22.9 Å². The van der Waals surface area contributed by atoms with Crippen LogP contribution in [0.5, 0.6) is 0 Å². The lowest BCUT2D eigenvalue weighted by atomic mass is 10.0. The Hall–Kier alpha value is -0.600. The van der Waals surface area contributed by atoms with Crippen molar-refractivity contribution in [3.8, 4) is 0 Å². The van der Waals surface area contributed by atoms with Crippen LogP contribution in [-0.2, 0) is 6.42 Å². The van der Waals surface area contributed by atoms with Gasteiger partial charge in [0.15, 0.2) is 0 Å². The molecule has 0 saturated carbocycles. The average molecular weight is 240 g/mol. The van der Waals surface area contributed by atoms with E-state index in [9.17, 15) is 0 Å². The molecule has 1 heterocycles. The minimum Gasteiger partial charge on any atom is -0.240 e. The smallest absolute Gasteiger partial charge is 0.100 e. The Kier molecular flexibility index (Phi) is 2.98. The van der Waals surface area contributed by atoms with Crippen molar-refractivity contribution >= 4 is 33.2 Å². The van der Waals surface area contributed by atoms with E-state index in [4.69, 9.17) is 11.6 Å². The Morgan fingerprint density at radius 3 is 2.73 bits per heavy atom. The molecule has 2 aromatic rings. The highest BCUT2D eigenvalue weighted by molar-refractivity contribution is 7.18. The second-order valence-electron chi connectivity index (χ2n) is 3.97. The van der Waals surface area contributed by atoms with Crippen LogP contribution in [0.25, 0.3) is 10.2 Å². The predicted octanol–water partition coefficient (Wildman–Crippen LogP) is 4.64. The summed E-state index contributed by atoms with van der Waals surface area (Å²) in [4.78, 5) is 4.52. The van der Waals surface area contributed by atoms with E-state index in [1.807, 2.05) is 6.07 Å². The third-order valence-electron chi connectivity index (χ3n) is 2.48. The van der Waals surface area contributed by atoms with Gasteiger partial charge in [-0.1, -0.05) is 32.4 Å². The van der Waals surface area contributed by atoms with Gasteiger partial charge < -0.3 is 0 Å². The zero-order chi connectivity index (χ0) is 11.0. The number of rotatable bonds is 2. The molecule has 1 nitrogen and oxygen atoms in total. The number of hydrogen-bond donors (Lipinski definition) is 0. The number of halogens is 1. The highest BCUT2D eigenvalue weighted by atomic mass is 35.5. The fourth-order valence-electron chi connectivity index (χ4n) is 1.54. The number of nitrogens with zero attached hydrogens (tertiary/aromatic N) is 1. The Labute approximate surface area is 99.1 Å². The largest absolute Gasteiger partial charge is 0.240 e. The first-order valence-electron chi connectivity index (χ1n) is 5.20. The van der Waals surface area contributed by atoms with Crippen molar-refractivity contribution in [1.82, 2.24) is 4.98 Å². The number of aryl methyl sites for hydroxylation is 1. The molecule has 0 spiro atoms. The van der Waals surface area contributed by atoms with Crippen LogP contribution in [-0.4, -0.2) is 4.98 Å². The Morgan fingerprint density at radius 2 is 2.13 bits per heavy atom. The van der Waals surface area contributed by atoms with Gasteiger partial charge in [0.1, 0.15) is 5.52 Å². The van der Waals surface area contributed by atoms with E-state index < -0.39 is 0 Å². The zero-order valence-electron chi connectivity index (χ0n) is 9.17. The molecule has 0 aliphatic heterocycles. The quantitative estimate of drug-likeness (QED) is 0.744. The van der Waals surface area contributed by atoms with Crippen LogP contribution in [0.15, 0.2) is 12.1 Å². The van der Waals surface area contributed by atoms with Crippen molar-refractivity contribution < 1.29 is 0 Å². The highest BCUT2D eigenvalue weighted by Crippen LogP contribution is 2.32. The Morgan fingerprint density at radius 1 is 1.40 bits per heavy atom. The van der Waals surface area contributed by atoms with Crippen LogP contribution in [0.1, 0.15) is 37.3 Å². The zero-order valence-corrected chi connectivity index (χ0v) is 10.7. The normalized spacial score (nSPS) is 11.5. The monoisotopic (exact) mass is 239 g/mol. The molecule has 0 amide bonds. The number of fused-ring (bicyclic) bond motifs is 1. The van der Waals surface area contributed by atoms with E-state index >= 15 is 0 Å². The van der Waals surface area contributed by atoms with E-state index in [0.29, 0.717) is 5.92 Å². The van der Waals surface area contributed by atoms with Gasteiger partial charge in [-0.05, 0) is 30.0 Å². The fourth-order valence-corrected chi connectivity index (χ4v) is 2.85. The Balaban J connectivity index is 2.65. The molecule has 0 fully saturated rings. The fraction of sp³-hybridized carbons (Fsp3) is 0.417. The van der Waals surface area contributed by atoms with Crippen LogP contribution < -0.4 is 0 Å². The molecule has 1 aromatic carbocycles. The second kappa shape index (κ2) is 4.11. The van der Waals surface area contributed by atoms with Crippen LogP contribution in [0.3, 0.4) is 0 Å². The summed E-state index contributed by atoms with van der Waals surface area (Å²) in [7, 11) is 0. The molecule has 0 saturated heterocycles. The SMILES string of the molecule is CCc1nc2c(Cl)cc(C(C)C)cc2s1. The summed E-state index contributed by atoms with van der Waals surface area (Å²) in [6.07, 6.45) is 0.979. The lowest BCUT2D eigenvalue weighted by Crippen LogP contribution is -1.86. The van der Waals surface area contributed by atoms with Gasteiger partial charge in [-0.2, -0.15) is 0 Å². The van der Waals surface area contributed by atoms with E-state index in [2.05, 4.69) is 31.8 Å². The summed E-state index contributed by atoms with van der Waals surface area (Å²) in [5.41, 5.74) is 2.25. The maximum atomic E-state index is 6.22. The minimum absolute atomic E-state index is 0.513. The molecule has 0 aliphatic carbocycles. The summed E-state index contributed by atoms with van der Waals surface area (Å²) in [5, 5.41) is 1.94. The van der Waals surface area contributed by atoms with Crippen molar-refractivity contribution in [1.29, 1.82) is 0 Å². The predicted molar refractivity (Wildman–Crippen MR) is 68.1 cm³/mol. The molecule has 3 heteroatoms. The van der Waals surface area contributed by atoms with E-state index in [1.54, 1.807) is 11.3 Å². The highest BCUT2D eigenvalue weighted by Gasteiger charge is 2.09.